The van der Waals surface area contributed by atoms with Crippen LogP contribution in [-0.2, 0) is 11.2 Å². The lowest BCUT2D eigenvalue weighted by Gasteiger charge is -2.08. The Balaban J connectivity index is 1.34. The molecular formula is C22H17N3O8. The number of anilines is 1. The summed E-state index contributed by atoms with van der Waals surface area (Å²) in [6.45, 7) is 0.157. The van der Waals surface area contributed by atoms with Crippen molar-refractivity contribution in [1.29, 1.82) is 0 Å². The molecule has 0 fully saturated rings. The number of hydrogen-bond acceptors (Lipinski definition) is 8. The van der Waals surface area contributed by atoms with Crippen LogP contribution >= 0.6 is 0 Å². The van der Waals surface area contributed by atoms with E-state index in [1.165, 1.54) is 0 Å². The van der Waals surface area contributed by atoms with Gasteiger partial charge >= 0.3 is 0 Å². The Labute approximate surface area is 186 Å². The molecule has 168 valence electrons. The lowest BCUT2D eigenvalue weighted by atomic mass is 10.1. The number of nitrogens with one attached hydrogen (secondary N) is 1. The van der Waals surface area contributed by atoms with Crippen LogP contribution in [0.1, 0.15) is 12.0 Å². The van der Waals surface area contributed by atoms with Crippen molar-refractivity contribution in [3.8, 4) is 23.0 Å². The molecule has 1 N–H and O–H groups in total. The third kappa shape index (κ3) is 5.34. The first kappa shape index (κ1) is 21.6. The van der Waals surface area contributed by atoms with Crippen LogP contribution in [0.15, 0.2) is 60.7 Å². The number of nitro groups is 2. The number of ether oxygens (including phenoxy) is 3. The molecule has 0 radical (unpaired) electrons. The predicted octanol–water partition coefficient (Wildman–Crippen LogP) is 4.60. The summed E-state index contributed by atoms with van der Waals surface area (Å²) in [5, 5.41) is 24.8. The highest BCUT2D eigenvalue weighted by Gasteiger charge is 2.18. The van der Waals surface area contributed by atoms with Gasteiger partial charge in [-0.05, 0) is 36.2 Å². The number of hydrogen-bond donors (Lipinski definition) is 1. The van der Waals surface area contributed by atoms with Gasteiger partial charge in [-0.25, -0.2) is 0 Å². The number of amides is 1. The topological polar surface area (TPSA) is 143 Å². The van der Waals surface area contributed by atoms with E-state index < -0.39 is 21.2 Å². The maximum atomic E-state index is 12.3. The number of fused-ring (bicyclic) bond motifs is 1. The fraction of sp³-hybridized carbons (Fsp3) is 0.136. The van der Waals surface area contributed by atoms with Gasteiger partial charge in [0.25, 0.3) is 11.4 Å². The van der Waals surface area contributed by atoms with Gasteiger partial charge in [0.2, 0.25) is 12.7 Å². The van der Waals surface area contributed by atoms with Crippen LogP contribution in [0.5, 0.6) is 23.0 Å². The SMILES string of the molecule is O=C(CCc1ccc(Oc2cc([N+](=O)[O-])cc([N+](=O)[O-])c2)cc1)Nc1ccc2c(c1)OCO2. The monoisotopic (exact) mass is 451 g/mol. The van der Waals surface area contributed by atoms with Crippen molar-refractivity contribution in [2.45, 2.75) is 12.8 Å². The summed E-state index contributed by atoms with van der Waals surface area (Å²) in [6, 6.07) is 15.0. The molecule has 0 saturated carbocycles. The first-order chi connectivity index (χ1) is 15.9. The van der Waals surface area contributed by atoms with Gasteiger partial charge < -0.3 is 19.5 Å². The second kappa shape index (κ2) is 9.22. The number of carbonyl (C=O) groups is 1. The molecule has 3 aromatic carbocycles. The number of aryl methyl sites for hydroxylation is 1. The van der Waals surface area contributed by atoms with Crippen LogP contribution in [-0.4, -0.2) is 22.5 Å². The molecule has 0 unspecified atom stereocenters. The largest absolute Gasteiger partial charge is 0.457 e. The van der Waals surface area contributed by atoms with Crippen LogP contribution in [0.25, 0.3) is 0 Å². The number of nitrogens with zero attached hydrogens (tertiary/aromatic N) is 2. The van der Waals surface area contributed by atoms with Gasteiger partial charge in [-0.2, -0.15) is 0 Å². The zero-order chi connectivity index (χ0) is 23.4. The fourth-order valence-electron chi connectivity index (χ4n) is 3.15. The van der Waals surface area contributed by atoms with Gasteiger partial charge in [-0.3, -0.25) is 25.0 Å². The van der Waals surface area contributed by atoms with Gasteiger partial charge in [0.1, 0.15) is 11.5 Å². The van der Waals surface area contributed by atoms with Crippen molar-refractivity contribution in [2.24, 2.45) is 0 Å². The molecule has 1 amide bonds. The van der Waals surface area contributed by atoms with Crippen molar-refractivity contribution in [3.05, 3.63) is 86.5 Å². The minimum atomic E-state index is -0.725. The van der Waals surface area contributed by atoms with Gasteiger partial charge in [0.05, 0.1) is 28.0 Å². The molecule has 1 heterocycles. The molecule has 11 heteroatoms. The average molecular weight is 451 g/mol. The summed E-state index contributed by atoms with van der Waals surface area (Å²) in [4.78, 5) is 32.8. The van der Waals surface area contributed by atoms with Gasteiger partial charge in [0, 0.05) is 18.2 Å². The average Bonchev–Trinajstić information content (AvgIpc) is 3.26. The first-order valence-corrected chi connectivity index (χ1v) is 9.77. The second-order valence-electron chi connectivity index (χ2n) is 7.06. The van der Waals surface area contributed by atoms with Gasteiger partial charge in [-0.1, -0.05) is 12.1 Å². The van der Waals surface area contributed by atoms with Crippen LogP contribution in [0.2, 0.25) is 0 Å². The van der Waals surface area contributed by atoms with E-state index >= 15 is 0 Å². The molecule has 0 bridgehead atoms. The third-order valence-corrected chi connectivity index (χ3v) is 4.75. The highest BCUT2D eigenvalue weighted by Crippen LogP contribution is 2.34. The zero-order valence-electron chi connectivity index (χ0n) is 17.1. The first-order valence-electron chi connectivity index (χ1n) is 9.77. The van der Waals surface area contributed by atoms with Gasteiger partial charge in [0.15, 0.2) is 11.5 Å². The lowest BCUT2D eigenvalue weighted by Crippen LogP contribution is -2.12. The molecule has 0 aliphatic carbocycles. The molecule has 1 aliphatic heterocycles. The Morgan fingerprint density at radius 1 is 0.879 bits per heavy atom. The van der Waals surface area contributed by atoms with Crippen molar-refractivity contribution in [1.82, 2.24) is 0 Å². The summed E-state index contributed by atoms with van der Waals surface area (Å²) in [5.41, 5.74) is 0.598. The molecule has 1 aliphatic rings. The number of nitro benzene ring substituents is 2. The molecule has 33 heavy (non-hydrogen) atoms. The maximum absolute atomic E-state index is 12.3. The third-order valence-electron chi connectivity index (χ3n) is 4.75. The molecule has 0 spiro atoms. The van der Waals surface area contributed by atoms with E-state index in [-0.39, 0.29) is 24.9 Å². The van der Waals surface area contributed by atoms with Crippen LogP contribution in [0, 0.1) is 20.2 Å². The normalized spacial score (nSPS) is 11.6. The van der Waals surface area contributed by atoms with E-state index in [2.05, 4.69) is 5.32 Å². The smallest absolute Gasteiger partial charge is 0.280 e. The van der Waals surface area contributed by atoms with Crippen molar-refractivity contribution in [3.63, 3.8) is 0 Å². The van der Waals surface area contributed by atoms with E-state index in [0.717, 1.165) is 23.8 Å². The molecule has 0 aromatic heterocycles. The van der Waals surface area contributed by atoms with E-state index in [9.17, 15) is 25.0 Å². The van der Waals surface area contributed by atoms with Crippen LogP contribution < -0.4 is 19.5 Å². The molecule has 0 saturated heterocycles. The minimum Gasteiger partial charge on any atom is -0.457 e. The molecule has 4 rings (SSSR count). The lowest BCUT2D eigenvalue weighted by molar-refractivity contribution is -0.394. The Kier molecular flexibility index (Phi) is 6.02. The standard InChI is InChI=1S/C22H17N3O8/c26-22(23-15-4-7-20-21(9-15)32-13-31-20)8-3-14-1-5-18(6-2-14)33-19-11-16(24(27)28)10-17(12-19)25(29)30/h1-2,4-7,9-12H,3,8,13H2,(H,23,26). The predicted molar refractivity (Wildman–Crippen MR) is 116 cm³/mol. The van der Waals surface area contributed by atoms with Crippen LogP contribution in [0.4, 0.5) is 17.1 Å². The summed E-state index contributed by atoms with van der Waals surface area (Å²) in [6.07, 6.45) is 0.713. The number of carbonyl (C=O) groups excluding carboxylic acids is 1. The van der Waals surface area contributed by atoms with E-state index in [4.69, 9.17) is 14.2 Å². The van der Waals surface area contributed by atoms with Crippen molar-refractivity contribution >= 4 is 23.0 Å². The highest BCUT2D eigenvalue weighted by molar-refractivity contribution is 5.91. The van der Waals surface area contributed by atoms with Crippen molar-refractivity contribution < 1.29 is 28.9 Å². The molecule has 3 aromatic rings. The summed E-state index contributed by atoms with van der Waals surface area (Å²) < 4.78 is 16.1. The fourth-order valence-corrected chi connectivity index (χ4v) is 3.15. The number of rotatable bonds is 8. The Bertz CT molecular complexity index is 1190. The van der Waals surface area contributed by atoms with Crippen molar-refractivity contribution in [2.75, 3.05) is 12.1 Å². The maximum Gasteiger partial charge on any atom is 0.280 e. The van der Waals surface area contributed by atoms with E-state index in [1.54, 1.807) is 42.5 Å². The Morgan fingerprint density at radius 2 is 1.55 bits per heavy atom. The quantitative estimate of drug-likeness (QED) is 0.387. The van der Waals surface area contributed by atoms with E-state index in [1.807, 2.05) is 0 Å². The van der Waals surface area contributed by atoms with Crippen LogP contribution in [0.3, 0.4) is 0 Å². The number of benzene rings is 3. The molecule has 11 nitrogen and oxygen atoms in total. The molecular weight excluding hydrogens is 434 g/mol. The Hall–Kier alpha value is -4.67. The highest BCUT2D eigenvalue weighted by atomic mass is 16.7. The summed E-state index contributed by atoms with van der Waals surface area (Å²) >= 11 is 0. The Morgan fingerprint density at radius 3 is 2.21 bits per heavy atom. The zero-order valence-corrected chi connectivity index (χ0v) is 17.1. The van der Waals surface area contributed by atoms with Gasteiger partial charge in [-0.15, -0.1) is 0 Å². The summed E-state index contributed by atoms with van der Waals surface area (Å²) in [5.74, 6) is 1.37. The minimum absolute atomic E-state index is 0.0215. The second-order valence-corrected chi connectivity index (χ2v) is 7.06. The summed E-state index contributed by atoms with van der Waals surface area (Å²) in [7, 11) is 0. The molecule has 0 atom stereocenters. The van der Waals surface area contributed by atoms with E-state index in [0.29, 0.717) is 29.4 Å². The number of non-ortho nitro benzene ring substituents is 2.